The summed E-state index contributed by atoms with van der Waals surface area (Å²) < 4.78 is 44.2. The Morgan fingerprint density at radius 1 is 1.17 bits per heavy atom. The van der Waals surface area contributed by atoms with Crippen LogP contribution in [-0.2, 0) is 16.1 Å². The number of carbonyl (C=O) groups is 1. The van der Waals surface area contributed by atoms with Crippen LogP contribution in [0.15, 0.2) is 29.2 Å². The van der Waals surface area contributed by atoms with E-state index in [0.29, 0.717) is 10.5 Å². The quantitative estimate of drug-likeness (QED) is 0.372. The van der Waals surface area contributed by atoms with E-state index in [2.05, 4.69) is 0 Å². The molecule has 1 heterocycles. The third-order valence-corrected chi connectivity index (χ3v) is 6.75. The van der Waals surface area contributed by atoms with Gasteiger partial charge < -0.3 is 30.5 Å². The molecule has 0 aromatic heterocycles. The first-order chi connectivity index (χ1) is 14.0. The Bertz CT molecular complexity index is 706. The van der Waals surface area contributed by atoms with Crippen molar-refractivity contribution >= 4 is 29.4 Å². The minimum atomic E-state index is -5.15. The van der Waals surface area contributed by atoms with Crippen molar-refractivity contribution in [2.24, 2.45) is 0 Å². The zero-order chi connectivity index (χ0) is 22.6. The highest BCUT2D eigenvalue weighted by Gasteiger charge is 2.50. The van der Waals surface area contributed by atoms with Gasteiger partial charge in [-0.2, -0.15) is 13.2 Å². The second-order valence-corrected chi connectivity index (χ2v) is 9.19. The van der Waals surface area contributed by atoms with Crippen LogP contribution in [0.4, 0.5) is 13.2 Å². The third-order valence-electron chi connectivity index (χ3n) is 4.68. The summed E-state index contributed by atoms with van der Waals surface area (Å²) in [5, 5.41) is 40.8. The molecule has 1 amide bonds. The summed E-state index contributed by atoms with van der Waals surface area (Å²) in [5.41, 5.74) is -0.348. The van der Waals surface area contributed by atoms with E-state index in [1.165, 1.54) is 0 Å². The lowest BCUT2D eigenvalue weighted by molar-refractivity contribution is -0.207. The van der Waals surface area contributed by atoms with Crippen molar-refractivity contribution in [3.63, 3.8) is 0 Å². The number of thioether (sulfide) groups is 2. The first kappa shape index (κ1) is 25.2. The predicted octanol–water partition coefficient (Wildman–Crippen LogP) is 0.877. The Morgan fingerprint density at radius 3 is 2.27 bits per heavy atom. The molecule has 12 heteroatoms. The molecule has 0 saturated carbocycles. The monoisotopic (exact) mass is 471 g/mol. The summed E-state index contributed by atoms with van der Waals surface area (Å²) in [6, 6.07) is 5.28. The maximum atomic E-state index is 12.9. The van der Waals surface area contributed by atoms with Crippen molar-refractivity contribution in [3.8, 4) is 0 Å². The normalized spacial score (nSPS) is 29.3. The van der Waals surface area contributed by atoms with Gasteiger partial charge in [-0.15, -0.1) is 23.5 Å². The van der Waals surface area contributed by atoms with Crippen molar-refractivity contribution < 1.29 is 43.1 Å². The Balaban J connectivity index is 2.29. The number of nitrogens with one attached hydrogen (secondary N) is 1. The summed E-state index contributed by atoms with van der Waals surface area (Å²) in [6.07, 6.45) is -9.80. The number of hydrogen-bond acceptors (Lipinski definition) is 8. The predicted molar refractivity (Wildman–Crippen MR) is 106 cm³/mol. The number of amides is 1. The molecule has 0 bridgehead atoms. The molecule has 7 atom stereocenters. The molecule has 0 aliphatic carbocycles. The fourth-order valence-corrected chi connectivity index (χ4v) is 4.80. The highest BCUT2D eigenvalue weighted by molar-refractivity contribution is 8.00. The lowest BCUT2D eigenvalue weighted by Gasteiger charge is -2.44. The van der Waals surface area contributed by atoms with Crippen LogP contribution >= 0.6 is 23.5 Å². The molecular weight excluding hydrogens is 447 g/mol. The third kappa shape index (κ3) is 6.02. The minimum Gasteiger partial charge on any atom is -0.392 e. The summed E-state index contributed by atoms with van der Waals surface area (Å²) in [7, 11) is 0. The number of carbonyl (C=O) groups excluding carboxylic acids is 1. The Kier molecular flexibility index (Phi) is 8.86. The SMILES string of the molecule is CSC1OC(C(NC(=O)C(F)(F)F)C(C)Sc2ccc(CO)cc2)C(O)C(O)C1O. The number of alkyl halides is 3. The molecule has 1 aliphatic heterocycles. The van der Waals surface area contributed by atoms with E-state index < -0.39 is 53.2 Å². The lowest BCUT2D eigenvalue weighted by Crippen LogP contribution is -2.65. The van der Waals surface area contributed by atoms with Crippen molar-refractivity contribution in [2.45, 2.75) is 65.7 Å². The van der Waals surface area contributed by atoms with Crippen LogP contribution in [0.5, 0.6) is 0 Å². The summed E-state index contributed by atoms with van der Waals surface area (Å²) >= 11 is 2.14. The van der Waals surface area contributed by atoms with Crippen LogP contribution in [0.25, 0.3) is 0 Å². The van der Waals surface area contributed by atoms with Gasteiger partial charge in [-0.1, -0.05) is 19.1 Å². The first-order valence-electron chi connectivity index (χ1n) is 8.96. The maximum Gasteiger partial charge on any atom is 0.471 e. The smallest absolute Gasteiger partial charge is 0.392 e. The van der Waals surface area contributed by atoms with Crippen molar-refractivity contribution in [1.82, 2.24) is 5.32 Å². The van der Waals surface area contributed by atoms with Gasteiger partial charge in [0.1, 0.15) is 29.9 Å². The molecule has 7 nitrogen and oxygen atoms in total. The maximum absolute atomic E-state index is 12.9. The van der Waals surface area contributed by atoms with Crippen LogP contribution in [0.2, 0.25) is 0 Å². The van der Waals surface area contributed by atoms with Crippen LogP contribution in [0, 0.1) is 0 Å². The Hall–Kier alpha value is -1.02. The van der Waals surface area contributed by atoms with Gasteiger partial charge in [0.05, 0.1) is 12.6 Å². The topological polar surface area (TPSA) is 119 Å². The molecule has 5 N–H and O–H groups in total. The van der Waals surface area contributed by atoms with E-state index in [-0.39, 0.29) is 6.61 Å². The Morgan fingerprint density at radius 2 is 1.77 bits per heavy atom. The molecule has 0 radical (unpaired) electrons. The summed E-state index contributed by atoms with van der Waals surface area (Å²) in [4.78, 5) is 12.3. The molecule has 1 aliphatic rings. The van der Waals surface area contributed by atoms with Gasteiger partial charge in [0.15, 0.2) is 0 Å². The van der Waals surface area contributed by atoms with Gasteiger partial charge in [-0.05, 0) is 24.0 Å². The van der Waals surface area contributed by atoms with Gasteiger partial charge in [-0.3, -0.25) is 4.79 Å². The molecule has 2 rings (SSSR count). The van der Waals surface area contributed by atoms with E-state index in [1.807, 2.05) is 5.32 Å². The fourth-order valence-electron chi connectivity index (χ4n) is 3.03. The number of benzene rings is 1. The highest BCUT2D eigenvalue weighted by atomic mass is 32.2. The first-order valence-corrected chi connectivity index (χ1v) is 11.1. The number of aliphatic hydroxyl groups is 4. The number of hydrogen-bond donors (Lipinski definition) is 5. The van der Waals surface area contributed by atoms with Crippen LogP contribution in [-0.4, -0.2) is 79.9 Å². The minimum absolute atomic E-state index is 0.164. The molecule has 1 fully saturated rings. The summed E-state index contributed by atoms with van der Waals surface area (Å²) in [6.45, 7) is 1.39. The zero-order valence-electron chi connectivity index (χ0n) is 16.1. The van der Waals surface area contributed by atoms with E-state index in [0.717, 1.165) is 23.5 Å². The summed E-state index contributed by atoms with van der Waals surface area (Å²) in [5.74, 6) is -2.20. The molecule has 1 saturated heterocycles. The highest BCUT2D eigenvalue weighted by Crippen LogP contribution is 2.34. The molecule has 170 valence electrons. The van der Waals surface area contributed by atoms with E-state index in [1.54, 1.807) is 37.4 Å². The number of rotatable bonds is 7. The molecule has 1 aromatic carbocycles. The van der Waals surface area contributed by atoms with Crippen molar-refractivity contribution in [1.29, 1.82) is 0 Å². The second kappa shape index (κ2) is 10.5. The van der Waals surface area contributed by atoms with Gasteiger partial charge in [-0.25, -0.2) is 0 Å². The van der Waals surface area contributed by atoms with Crippen molar-refractivity contribution in [2.75, 3.05) is 6.26 Å². The number of halogens is 3. The second-order valence-electron chi connectivity index (χ2n) is 6.80. The van der Waals surface area contributed by atoms with Gasteiger partial charge in [0.2, 0.25) is 0 Å². The van der Waals surface area contributed by atoms with Gasteiger partial charge in [0, 0.05) is 10.1 Å². The average molecular weight is 472 g/mol. The van der Waals surface area contributed by atoms with Crippen LogP contribution in [0.1, 0.15) is 12.5 Å². The number of ether oxygens (including phenoxy) is 1. The molecule has 7 unspecified atom stereocenters. The number of aliphatic hydroxyl groups excluding tert-OH is 4. The molecular formula is C18H24F3NO6S2. The molecule has 1 aromatic rings. The largest absolute Gasteiger partial charge is 0.471 e. The lowest BCUT2D eigenvalue weighted by atomic mass is 9.93. The zero-order valence-corrected chi connectivity index (χ0v) is 17.7. The average Bonchev–Trinajstić information content (AvgIpc) is 2.70. The van der Waals surface area contributed by atoms with E-state index in [9.17, 15) is 33.3 Å². The molecule has 0 spiro atoms. The fraction of sp³-hybridized carbons (Fsp3) is 0.611. The van der Waals surface area contributed by atoms with Crippen LogP contribution < -0.4 is 5.32 Å². The van der Waals surface area contributed by atoms with Gasteiger partial charge >= 0.3 is 12.1 Å². The van der Waals surface area contributed by atoms with Crippen LogP contribution in [0.3, 0.4) is 0 Å². The van der Waals surface area contributed by atoms with Gasteiger partial charge in [0.25, 0.3) is 0 Å². The van der Waals surface area contributed by atoms with Crippen molar-refractivity contribution in [3.05, 3.63) is 29.8 Å². The van der Waals surface area contributed by atoms with E-state index in [4.69, 9.17) is 9.84 Å². The van der Waals surface area contributed by atoms with E-state index >= 15 is 0 Å². The Labute approximate surface area is 180 Å². The molecule has 30 heavy (non-hydrogen) atoms. The standard InChI is InChI=1S/C18H24F3NO6S2/c1-8(30-10-5-3-9(7-23)4-6-10)11(22-17(27)18(19,20)21)15-13(25)12(24)14(26)16(28-15)29-2/h3-6,8,11-16,23-26H,7H2,1-2H3,(H,22,27).